The van der Waals surface area contributed by atoms with Gasteiger partial charge in [0.05, 0.1) is 4.47 Å². The minimum absolute atomic E-state index is 0.202. The molecule has 1 N–H and O–H groups in total. The van der Waals surface area contributed by atoms with Crippen molar-refractivity contribution in [2.75, 3.05) is 12.0 Å². The Morgan fingerprint density at radius 3 is 2.87 bits per heavy atom. The lowest BCUT2D eigenvalue weighted by Crippen LogP contribution is -2.27. The van der Waals surface area contributed by atoms with E-state index >= 15 is 0 Å². The zero-order chi connectivity index (χ0) is 11.3. The predicted octanol–water partition coefficient (Wildman–Crippen LogP) is 3.43. The topological polar surface area (TPSA) is 12.0 Å². The first-order chi connectivity index (χ1) is 7.13. The van der Waals surface area contributed by atoms with E-state index in [2.05, 4.69) is 34.4 Å². The molecule has 0 heterocycles. The maximum Gasteiger partial charge on any atom is 0.137 e. The Bertz CT molecular complexity index is 319. The van der Waals surface area contributed by atoms with Crippen molar-refractivity contribution in [2.45, 2.75) is 19.5 Å². The fraction of sp³-hybridized carbons (Fsp3) is 0.455. The van der Waals surface area contributed by atoms with Crippen LogP contribution in [-0.2, 0) is 6.54 Å². The summed E-state index contributed by atoms with van der Waals surface area (Å²) < 4.78 is 13.7. The van der Waals surface area contributed by atoms with Crippen molar-refractivity contribution >= 4 is 27.7 Å². The van der Waals surface area contributed by atoms with E-state index in [1.54, 1.807) is 23.9 Å². The van der Waals surface area contributed by atoms with E-state index in [4.69, 9.17) is 0 Å². The van der Waals surface area contributed by atoms with Crippen LogP contribution in [0.25, 0.3) is 0 Å². The molecule has 15 heavy (non-hydrogen) atoms. The van der Waals surface area contributed by atoms with Gasteiger partial charge in [0.15, 0.2) is 0 Å². The van der Waals surface area contributed by atoms with Gasteiger partial charge >= 0.3 is 0 Å². The van der Waals surface area contributed by atoms with E-state index < -0.39 is 0 Å². The molecule has 0 saturated carbocycles. The molecule has 0 aliphatic rings. The number of hydrogen-bond acceptors (Lipinski definition) is 2. The quantitative estimate of drug-likeness (QED) is 0.892. The summed E-state index contributed by atoms with van der Waals surface area (Å²) in [6.45, 7) is 2.84. The summed E-state index contributed by atoms with van der Waals surface area (Å²) >= 11 is 4.94. The minimum Gasteiger partial charge on any atom is -0.309 e. The van der Waals surface area contributed by atoms with Gasteiger partial charge in [-0.1, -0.05) is 6.07 Å². The van der Waals surface area contributed by atoms with Crippen LogP contribution in [0, 0.1) is 5.82 Å². The van der Waals surface area contributed by atoms with E-state index in [-0.39, 0.29) is 5.82 Å². The summed E-state index contributed by atoms with van der Waals surface area (Å²) in [6, 6.07) is 5.67. The molecule has 1 atom stereocenters. The molecule has 0 aromatic heterocycles. The lowest BCUT2D eigenvalue weighted by Gasteiger charge is -2.12. The number of thioether (sulfide) groups is 1. The molecule has 1 rings (SSSR count). The number of hydrogen-bond donors (Lipinski definition) is 1. The maximum absolute atomic E-state index is 13.2. The Kier molecular flexibility index (Phi) is 5.64. The average Bonchev–Trinajstić information content (AvgIpc) is 2.20. The lowest BCUT2D eigenvalue weighted by atomic mass is 10.2. The summed E-state index contributed by atoms with van der Waals surface area (Å²) in [5, 5.41) is 3.34. The molecule has 0 amide bonds. The van der Waals surface area contributed by atoms with Crippen molar-refractivity contribution < 1.29 is 4.39 Å². The summed E-state index contributed by atoms with van der Waals surface area (Å²) in [7, 11) is 0. The van der Waals surface area contributed by atoms with Gasteiger partial charge in [-0.05, 0) is 46.8 Å². The van der Waals surface area contributed by atoms with E-state index in [1.165, 1.54) is 0 Å². The summed E-state index contributed by atoms with van der Waals surface area (Å²) in [6.07, 6.45) is 2.08. The van der Waals surface area contributed by atoms with Crippen molar-refractivity contribution in [2.24, 2.45) is 0 Å². The standard InChI is InChI=1S/C11H15BrFNS/c1-8(7-15-2)14-6-9-3-4-10(12)11(13)5-9/h3-5,8,14H,6-7H2,1-2H3. The summed E-state index contributed by atoms with van der Waals surface area (Å²) in [5.74, 6) is 0.866. The molecule has 0 bridgehead atoms. The van der Waals surface area contributed by atoms with Gasteiger partial charge in [0, 0.05) is 18.3 Å². The highest BCUT2D eigenvalue weighted by atomic mass is 79.9. The highest BCUT2D eigenvalue weighted by Crippen LogP contribution is 2.16. The van der Waals surface area contributed by atoms with Gasteiger partial charge in [-0.3, -0.25) is 0 Å². The van der Waals surface area contributed by atoms with Gasteiger partial charge in [0.1, 0.15) is 5.82 Å². The zero-order valence-electron chi connectivity index (χ0n) is 8.89. The molecule has 1 aromatic rings. The number of halogens is 2. The number of benzene rings is 1. The Morgan fingerprint density at radius 2 is 2.27 bits per heavy atom. The van der Waals surface area contributed by atoms with Crippen molar-refractivity contribution in [1.82, 2.24) is 5.32 Å². The Hall–Kier alpha value is -0.0600. The molecular weight excluding hydrogens is 277 g/mol. The number of rotatable bonds is 5. The van der Waals surface area contributed by atoms with Gasteiger partial charge in [0.25, 0.3) is 0 Å². The first kappa shape index (κ1) is 13.0. The van der Waals surface area contributed by atoms with Crippen LogP contribution in [0.5, 0.6) is 0 Å². The van der Waals surface area contributed by atoms with E-state index in [0.717, 1.165) is 11.3 Å². The Balaban J connectivity index is 2.47. The van der Waals surface area contributed by atoms with Crippen LogP contribution < -0.4 is 5.32 Å². The highest BCUT2D eigenvalue weighted by Gasteiger charge is 2.03. The largest absolute Gasteiger partial charge is 0.309 e. The lowest BCUT2D eigenvalue weighted by molar-refractivity contribution is 0.585. The van der Waals surface area contributed by atoms with E-state index in [0.29, 0.717) is 17.1 Å². The van der Waals surface area contributed by atoms with Gasteiger partial charge < -0.3 is 5.32 Å². The molecular formula is C11H15BrFNS. The molecule has 0 saturated heterocycles. The van der Waals surface area contributed by atoms with Gasteiger partial charge in [-0.2, -0.15) is 11.8 Å². The van der Waals surface area contributed by atoms with Crippen molar-refractivity contribution in [3.05, 3.63) is 34.1 Å². The third kappa shape index (κ3) is 4.53. The van der Waals surface area contributed by atoms with Crippen molar-refractivity contribution in [3.63, 3.8) is 0 Å². The molecule has 0 radical (unpaired) electrons. The van der Waals surface area contributed by atoms with Crippen LogP contribution in [0.2, 0.25) is 0 Å². The van der Waals surface area contributed by atoms with Crippen LogP contribution in [-0.4, -0.2) is 18.1 Å². The zero-order valence-corrected chi connectivity index (χ0v) is 11.3. The molecule has 0 fully saturated rings. The van der Waals surface area contributed by atoms with Gasteiger partial charge in [-0.25, -0.2) is 4.39 Å². The van der Waals surface area contributed by atoms with Crippen molar-refractivity contribution in [3.8, 4) is 0 Å². The highest BCUT2D eigenvalue weighted by molar-refractivity contribution is 9.10. The SMILES string of the molecule is CSCC(C)NCc1ccc(Br)c(F)c1. The molecule has 0 spiro atoms. The summed E-state index contributed by atoms with van der Waals surface area (Å²) in [4.78, 5) is 0. The summed E-state index contributed by atoms with van der Waals surface area (Å²) in [5.41, 5.74) is 0.976. The van der Waals surface area contributed by atoms with E-state index in [1.807, 2.05) is 6.07 Å². The third-order valence-corrected chi connectivity index (χ3v) is 3.53. The third-order valence-electron chi connectivity index (χ3n) is 2.06. The Labute approximate surface area is 103 Å². The van der Waals surface area contributed by atoms with Crippen LogP contribution >= 0.6 is 27.7 Å². The molecule has 0 aliphatic carbocycles. The second kappa shape index (κ2) is 6.51. The molecule has 1 nitrogen and oxygen atoms in total. The first-order valence-corrected chi connectivity index (χ1v) is 6.98. The smallest absolute Gasteiger partial charge is 0.137 e. The molecule has 0 aliphatic heterocycles. The average molecular weight is 292 g/mol. The van der Waals surface area contributed by atoms with E-state index in [9.17, 15) is 4.39 Å². The molecule has 4 heteroatoms. The minimum atomic E-state index is -0.202. The van der Waals surface area contributed by atoms with Gasteiger partial charge in [0.2, 0.25) is 0 Å². The normalized spacial score (nSPS) is 12.8. The second-order valence-electron chi connectivity index (χ2n) is 3.49. The molecule has 1 unspecified atom stereocenters. The van der Waals surface area contributed by atoms with Crippen molar-refractivity contribution in [1.29, 1.82) is 0 Å². The molecule has 1 aromatic carbocycles. The first-order valence-electron chi connectivity index (χ1n) is 4.79. The van der Waals surface area contributed by atoms with Crippen LogP contribution in [0.4, 0.5) is 4.39 Å². The van der Waals surface area contributed by atoms with Crippen LogP contribution in [0.1, 0.15) is 12.5 Å². The van der Waals surface area contributed by atoms with Crippen LogP contribution in [0.3, 0.4) is 0 Å². The Morgan fingerprint density at radius 1 is 1.53 bits per heavy atom. The second-order valence-corrected chi connectivity index (χ2v) is 5.25. The van der Waals surface area contributed by atoms with Crippen LogP contribution in [0.15, 0.2) is 22.7 Å². The fourth-order valence-corrected chi connectivity index (χ4v) is 2.12. The number of nitrogens with one attached hydrogen (secondary N) is 1. The predicted molar refractivity (Wildman–Crippen MR) is 68.8 cm³/mol. The fourth-order valence-electron chi connectivity index (χ4n) is 1.25. The monoisotopic (exact) mass is 291 g/mol. The maximum atomic E-state index is 13.2. The molecule has 84 valence electrons. The van der Waals surface area contributed by atoms with Gasteiger partial charge in [-0.15, -0.1) is 0 Å².